The molecule has 0 aliphatic heterocycles. The van der Waals surface area contributed by atoms with E-state index in [-0.39, 0.29) is 11.7 Å². The van der Waals surface area contributed by atoms with E-state index in [0.717, 1.165) is 17.3 Å². The molecule has 0 aromatic heterocycles. The van der Waals surface area contributed by atoms with Gasteiger partial charge >= 0.3 is 126 Å². The van der Waals surface area contributed by atoms with Gasteiger partial charge in [-0.1, -0.05) is 0 Å². The molecule has 0 radical (unpaired) electrons. The third-order valence-corrected chi connectivity index (χ3v) is 8.31. The summed E-state index contributed by atoms with van der Waals surface area (Å²) in [6, 6.07) is 16.5. The Labute approximate surface area is 126 Å². The summed E-state index contributed by atoms with van der Waals surface area (Å²) in [5.41, 5.74) is 2.10. The van der Waals surface area contributed by atoms with Crippen LogP contribution in [0, 0.1) is 5.92 Å². The van der Waals surface area contributed by atoms with Crippen molar-refractivity contribution in [1.29, 1.82) is 0 Å². The van der Waals surface area contributed by atoms with Gasteiger partial charge in [0.2, 0.25) is 0 Å². The average molecular weight is 300 g/mol. The molecule has 1 aliphatic carbocycles. The van der Waals surface area contributed by atoms with Gasteiger partial charge in [-0.05, 0) is 0 Å². The van der Waals surface area contributed by atoms with Crippen molar-refractivity contribution in [3.8, 4) is 0 Å². The first-order valence-corrected chi connectivity index (χ1v) is 9.76. The molecule has 21 heavy (non-hydrogen) atoms. The zero-order chi connectivity index (χ0) is 15.0. The standard InChI is InChI=1S/C18H21O2P/c1-13-12-14-8-7-11-16(17(14)18(13)19)21(3,20-2)15-9-5-4-6-10-15/h4-11,13,21H,12H2,1-3H3. The van der Waals surface area contributed by atoms with Crippen molar-refractivity contribution >= 4 is 23.9 Å². The van der Waals surface area contributed by atoms with Crippen molar-refractivity contribution in [2.45, 2.75) is 13.3 Å². The minimum atomic E-state index is -2.32. The van der Waals surface area contributed by atoms with Crippen LogP contribution in [0.3, 0.4) is 0 Å². The fourth-order valence-corrected chi connectivity index (χ4v) is 6.04. The van der Waals surface area contributed by atoms with Gasteiger partial charge in [0.15, 0.2) is 0 Å². The summed E-state index contributed by atoms with van der Waals surface area (Å²) in [6.45, 7) is 4.19. The van der Waals surface area contributed by atoms with Crippen LogP contribution in [0.5, 0.6) is 0 Å². The third kappa shape index (κ3) is 2.23. The Kier molecular flexibility index (Phi) is 3.69. The number of hydrogen-bond acceptors (Lipinski definition) is 2. The van der Waals surface area contributed by atoms with E-state index in [1.807, 2.05) is 25.1 Å². The molecule has 0 saturated carbocycles. The van der Waals surface area contributed by atoms with E-state index >= 15 is 0 Å². The van der Waals surface area contributed by atoms with E-state index in [2.05, 4.69) is 37.0 Å². The Morgan fingerprint density at radius 2 is 1.81 bits per heavy atom. The maximum atomic E-state index is 12.6. The number of rotatable bonds is 3. The molecule has 2 nitrogen and oxygen atoms in total. The molecule has 0 amide bonds. The molecule has 0 heterocycles. The van der Waals surface area contributed by atoms with Crippen LogP contribution in [0.15, 0.2) is 48.5 Å². The number of benzene rings is 2. The molecule has 0 fully saturated rings. The van der Waals surface area contributed by atoms with Crippen LogP contribution >= 0.6 is 7.49 Å². The molecule has 1 atom stereocenters. The zero-order valence-electron chi connectivity index (χ0n) is 12.7. The normalized spacial score (nSPS) is 18.6. The van der Waals surface area contributed by atoms with Gasteiger partial charge in [-0.3, -0.25) is 0 Å². The second-order valence-corrected chi connectivity index (χ2v) is 9.50. The second-order valence-electron chi connectivity index (χ2n) is 5.91. The molecular weight excluding hydrogens is 279 g/mol. The number of hydrogen-bond donors (Lipinski definition) is 0. The maximum absolute atomic E-state index is 12.6. The third-order valence-electron chi connectivity index (χ3n) is 4.62. The Morgan fingerprint density at radius 1 is 1.10 bits per heavy atom. The van der Waals surface area contributed by atoms with Crippen LogP contribution in [0.1, 0.15) is 22.8 Å². The summed E-state index contributed by atoms with van der Waals surface area (Å²) in [7, 11) is -0.559. The Bertz CT molecular complexity index is 681. The van der Waals surface area contributed by atoms with Crippen LogP contribution < -0.4 is 10.6 Å². The molecule has 0 bridgehead atoms. The van der Waals surface area contributed by atoms with Crippen LogP contribution in [0.2, 0.25) is 0 Å². The molecule has 2 aromatic carbocycles. The summed E-state index contributed by atoms with van der Waals surface area (Å²) in [5.74, 6) is 0.360. The van der Waals surface area contributed by atoms with Crippen LogP contribution in [-0.2, 0) is 10.9 Å². The first-order chi connectivity index (χ1) is 10.1. The summed E-state index contributed by atoms with van der Waals surface area (Å²) in [5, 5.41) is 2.32. The van der Waals surface area contributed by atoms with E-state index in [9.17, 15) is 4.79 Å². The van der Waals surface area contributed by atoms with Crippen molar-refractivity contribution in [3.63, 3.8) is 0 Å². The van der Waals surface area contributed by atoms with Gasteiger partial charge in [0, 0.05) is 0 Å². The first kappa shape index (κ1) is 14.4. The molecule has 3 rings (SSSR count). The Balaban J connectivity index is 2.21. The van der Waals surface area contributed by atoms with Crippen LogP contribution in [0.25, 0.3) is 0 Å². The number of carbonyl (C=O) groups is 1. The topological polar surface area (TPSA) is 26.3 Å². The Morgan fingerprint density at radius 3 is 2.48 bits per heavy atom. The number of fused-ring (bicyclic) bond motifs is 1. The summed E-state index contributed by atoms with van der Waals surface area (Å²) >= 11 is 0. The first-order valence-electron chi connectivity index (χ1n) is 7.35. The van der Waals surface area contributed by atoms with Crippen molar-refractivity contribution in [3.05, 3.63) is 59.7 Å². The molecule has 3 heteroatoms. The monoisotopic (exact) mass is 300 g/mol. The minimum absolute atomic E-state index is 0.0898. The van der Waals surface area contributed by atoms with Gasteiger partial charge < -0.3 is 0 Å². The number of carbonyl (C=O) groups excluding carboxylic acids is 1. The van der Waals surface area contributed by atoms with Gasteiger partial charge in [-0.25, -0.2) is 0 Å². The van der Waals surface area contributed by atoms with Gasteiger partial charge in [0.1, 0.15) is 0 Å². The van der Waals surface area contributed by atoms with Crippen molar-refractivity contribution < 1.29 is 9.32 Å². The number of Topliss-reactive ketones (excluding diaryl/α,β-unsaturated/α-hetero) is 1. The van der Waals surface area contributed by atoms with Crippen molar-refractivity contribution in [2.75, 3.05) is 13.8 Å². The summed E-state index contributed by atoms with van der Waals surface area (Å²) in [6.07, 6.45) is 0.852. The molecule has 0 saturated heterocycles. The predicted molar refractivity (Wildman–Crippen MR) is 90.6 cm³/mol. The molecule has 110 valence electrons. The van der Waals surface area contributed by atoms with Crippen LogP contribution in [0.4, 0.5) is 0 Å². The molecule has 0 spiro atoms. The van der Waals surface area contributed by atoms with Gasteiger partial charge in [-0.15, -0.1) is 0 Å². The number of ketones is 1. The van der Waals surface area contributed by atoms with Crippen molar-refractivity contribution in [2.24, 2.45) is 5.92 Å². The average Bonchev–Trinajstić information content (AvgIpc) is 2.82. The molecule has 2 aromatic rings. The fraction of sp³-hybridized carbons (Fsp3) is 0.278. The van der Waals surface area contributed by atoms with E-state index in [4.69, 9.17) is 4.52 Å². The second kappa shape index (κ2) is 5.36. The van der Waals surface area contributed by atoms with E-state index in [0.29, 0.717) is 0 Å². The molecule has 1 aliphatic rings. The zero-order valence-corrected chi connectivity index (χ0v) is 13.7. The van der Waals surface area contributed by atoms with Gasteiger partial charge in [-0.2, -0.15) is 0 Å². The summed E-state index contributed by atoms with van der Waals surface area (Å²) < 4.78 is 6.01. The summed E-state index contributed by atoms with van der Waals surface area (Å²) in [4.78, 5) is 12.6. The molecule has 0 N–H and O–H groups in total. The van der Waals surface area contributed by atoms with Gasteiger partial charge in [0.05, 0.1) is 0 Å². The van der Waals surface area contributed by atoms with Gasteiger partial charge in [0.25, 0.3) is 0 Å². The van der Waals surface area contributed by atoms with Crippen LogP contribution in [-0.4, -0.2) is 19.6 Å². The van der Waals surface area contributed by atoms with E-state index in [1.165, 1.54) is 10.9 Å². The van der Waals surface area contributed by atoms with Crippen molar-refractivity contribution in [1.82, 2.24) is 0 Å². The SMILES string of the molecule is CO[PH](C)(c1ccccc1)c1cccc2c1C(=O)C(C)C2. The predicted octanol–water partition coefficient (Wildman–Crippen LogP) is 2.95. The Hall–Kier alpha value is -1.50. The quantitative estimate of drug-likeness (QED) is 0.815. The molecular formula is C18H21O2P. The molecule has 1 unspecified atom stereocenters. The fourth-order valence-electron chi connectivity index (χ4n) is 3.27. The van der Waals surface area contributed by atoms with E-state index in [1.54, 1.807) is 7.11 Å². The van der Waals surface area contributed by atoms with E-state index < -0.39 is 7.49 Å².